The van der Waals surface area contributed by atoms with Gasteiger partial charge in [-0.3, -0.25) is 19.7 Å². The Morgan fingerprint density at radius 2 is 1.97 bits per heavy atom. The van der Waals surface area contributed by atoms with Gasteiger partial charge in [0, 0.05) is 23.1 Å². The van der Waals surface area contributed by atoms with Crippen LogP contribution in [0.1, 0.15) is 34.8 Å². The van der Waals surface area contributed by atoms with Gasteiger partial charge in [0.1, 0.15) is 23.7 Å². The molecule has 2 aliphatic rings. The second-order valence-electron chi connectivity index (χ2n) is 8.02. The summed E-state index contributed by atoms with van der Waals surface area (Å²) in [6.07, 6.45) is -0.0376. The quantitative estimate of drug-likeness (QED) is 0.471. The van der Waals surface area contributed by atoms with Crippen LogP contribution in [0.15, 0.2) is 30.3 Å². The van der Waals surface area contributed by atoms with Crippen LogP contribution in [0, 0.1) is 12.7 Å². The van der Waals surface area contributed by atoms with Crippen molar-refractivity contribution in [2.45, 2.75) is 38.8 Å². The zero-order valence-corrected chi connectivity index (χ0v) is 17.6. The van der Waals surface area contributed by atoms with Crippen LogP contribution >= 0.6 is 0 Å². The van der Waals surface area contributed by atoms with Gasteiger partial charge >= 0.3 is 6.03 Å². The van der Waals surface area contributed by atoms with Crippen molar-refractivity contribution in [1.29, 1.82) is 0 Å². The van der Waals surface area contributed by atoms with E-state index in [1.807, 2.05) is 19.1 Å². The molecule has 32 heavy (non-hydrogen) atoms. The van der Waals surface area contributed by atoms with Gasteiger partial charge in [0.15, 0.2) is 5.78 Å². The standard InChI is InChI=1S/C23H22FN3O5/c1-11-5-14-7-15(10-25-20(29)9-19-22(30)27-23(31)26-19)32-21(14)17(6-11)16-8-13(12(2)28)3-4-18(16)24/h3-6,8,15,19H,7,9-10H2,1-2H3,(H,25,29)(H2,26,27,30,31)/t15-,19+/m1/s1. The predicted octanol–water partition coefficient (Wildman–Crippen LogP) is 2.02. The van der Waals surface area contributed by atoms with Gasteiger partial charge in [0.05, 0.1) is 13.0 Å². The van der Waals surface area contributed by atoms with E-state index in [-0.39, 0.29) is 30.4 Å². The van der Waals surface area contributed by atoms with Gasteiger partial charge in [0.2, 0.25) is 5.91 Å². The Labute approximate surface area is 183 Å². The molecule has 4 amide bonds. The van der Waals surface area contributed by atoms with Crippen LogP contribution < -0.4 is 20.7 Å². The molecular weight excluding hydrogens is 417 g/mol. The molecule has 2 aromatic carbocycles. The number of halogens is 1. The van der Waals surface area contributed by atoms with Crippen molar-refractivity contribution >= 4 is 23.6 Å². The number of amides is 4. The van der Waals surface area contributed by atoms with Crippen molar-refractivity contribution in [3.05, 3.63) is 52.8 Å². The summed E-state index contributed by atoms with van der Waals surface area (Å²) in [5, 5.41) is 7.17. The van der Waals surface area contributed by atoms with Crippen molar-refractivity contribution in [2.75, 3.05) is 6.54 Å². The largest absolute Gasteiger partial charge is 0.487 e. The third kappa shape index (κ3) is 4.32. The monoisotopic (exact) mass is 439 g/mol. The highest BCUT2D eigenvalue weighted by Gasteiger charge is 2.32. The summed E-state index contributed by atoms with van der Waals surface area (Å²) in [6.45, 7) is 3.50. The number of imide groups is 1. The van der Waals surface area contributed by atoms with E-state index in [9.17, 15) is 23.6 Å². The van der Waals surface area contributed by atoms with Crippen LogP contribution in [0.25, 0.3) is 11.1 Å². The molecule has 4 rings (SSSR count). The van der Waals surface area contributed by atoms with Gasteiger partial charge in [-0.05, 0) is 49.2 Å². The molecule has 3 N–H and O–H groups in total. The summed E-state index contributed by atoms with van der Waals surface area (Å²) in [5.74, 6) is -1.03. The SMILES string of the molecule is CC(=O)c1ccc(F)c(-c2cc(C)cc3c2O[C@@H](CNC(=O)C[C@@H]2NC(=O)NC2=O)C3)c1. The molecule has 1 saturated heterocycles. The topological polar surface area (TPSA) is 114 Å². The number of hydrogen-bond donors (Lipinski definition) is 3. The van der Waals surface area contributed by atoms with Gasteiger partial charge in [-0.15, -0.1) is 0 Å². The minimum absolute atomic E-state index is 0.163. The molecule has 2 heterocycles. The highest BCUT2D eigenvalue weighted by atomic mass is 19.1. The van der Waals surface area contributed by atoms with Gasteiger partial charge in [-0.25, -0.2) is 9.18 Å². The summed E-state index contributed by atoms with van der Waals surface area (Å²) in [5.41, 5.74) is 3.04. The second-order valence-corrected chi connectivity index (χ2v) is 8.02. The van der Waals surface area contributed by atoms with E-state index in [2.05, 4.69) is 16.0 Å². The van der Waals surface area contributed by atoms with Crippen LogP contribution in [0.4, 0.5) is 9.18 Å². The summed E-state index contributed by atoms with van der Waals surface area (Å²) in [6, 6.07) is 6.48. The van der Waals surface area contributed by atoms with Gasteiger partial charge in [0.25, 0.3) is 5.91 Å². The van der Waals surface area contributed by atoms with E-state index >= 15 is 0 Å². The van der Waals surface area contributed by atoms with Gasteiger partial charge in [-0.2, -0.15) is 0 Å². The number of hydrogen-bond acceptors (Lipinski definition) is 5. The fraction of sp³-hybridized carbons (Fsp3) is 0.304. The van der Waals surface area contributed by atoms with Crippen LogP contribution in [-0.4, -0.2) is 42.3 Å². The summed E-state index contributed by atoms with van der Waals surface area (Å²) < 4.78 is 20.7. The summed E-state index contributed by atoms with van der Waals surface area (Å²) in [4.78, 5) is 46.7. The van der Waals surface area contributed by atoms with E-state index in [1.165, 1.54) is 25.1 Å². The zero-order chi connectivity index (χ0) is 23.0. The van der Waals surface area contributed by atoms with Crippen LogP contribution in [0.3, 0.4) is 0 Å². The third-order valence-electron chi connectivity index (χ3n) is 5.48. The van der Waals surface area contributed by atoms with E-state index < -0.39 is 29.7 Å². The maximum atomic E-state index is 14.6. The van der Waals surface area contributed by atoms with Crippen molar-refractivity contribution in [3.63, 3.8) is 0 Å². The van der Waals surface area contributed by atoms with E-state index in [0.717, 1.165) is 11.1 Å². The average molecular weight is 439 g/mol. The third-order valence-corrected chi connectivity index (χ3v) is 5.48. The number of carbonyl (C=O) groups excluding carboxylic acids is 4. The number of aryl methyl sites for hydroxylation is 1. The Balaban J connectivity index is 1.48. The Hall–Kier alpha value is -3.75. The first-order valence-electron chi connectivity index (χ1n) is 10.2. The fourth-order valence-corrected chi connectivity index (χ4v) is 3.95. The molecule has 2 aromatic rings. The van der Waals surface area contributed by atoms with Crippen LogP contribution in [-0.2, 0) is 16.0 Å². The first-order chi connectivity index (χ1) is 15.2. The van der Waals surface area contributed by atoms with Gasteiger partial charge in [-0.1, -0.05) is 6.07 Å². The van der Waals surface area contributed by atoms with Crippen LogP contribution in [0.2, 0.25) is 0 Å². The molecule has 9 heteroatoms. The molecule has 0 aliphatic carbocycles. The Morgan fingerprint density at radius 1 is 1.19 bits per heavy atom. The molecule has 0 unspecified atom stereocenters. The molecule has 0 aromatic heterocycles. The number of rotatable bonds is 6. The number of ether oxygens (including phenoxy) is 1. The lowest BCUT2D eigenvalue weighted by Crippen LogP contribution is -2.39. The second kappa shape index (κ2) is 8.41. The van der Waals surface area contributed by atoms with Crippen molar-refractivity contribution in [3.8, 4) is 16.9 Å². The number of urea groups is 1. The highest BCUT2D eigenvalue weighted by molar-refractivity contribution is 6.05. The molecule has 8 nitrogen and oxygen atoms in total. The smallest absolute Gasteiger partial charge is 0.322 e. The number of carbonyl (C=O) groups is 4. The minimum atomic E-state index is -0.894. The minimum Gasteiger partial charge on any atom is -0.487 e. The molecular formula is C23H22FN3O5. The lowest BCUT2D eigenvalue weighted by Gasteiger charge is -2.15. The zero-order valence-electron chi connectivity index (χ0n) is 17.6. The van der Waals surface area contributed by atoms with Gasteiger partial charge < -0.3 is 15.4 Å². The van der Waals surface area contributed by atoms with Crippen molar-refractivity contribution in [1.82, 2.24) is 16.0 Å². The summed E-state index contributed by atoms with van der Waals surface area (Å²) in [7, 11) is 0. The number of fused-ring (bicyclic) bond motifs is 1. The summed E-state index contributed by atoms with van der Waals surface area (Å²) >= 11 is 0. The number of Topliss-reactive ketones (excluding diaryl/α,β-unsaturated/α-hetero) is 1. The maximum Gasteiger partial charge on any atom is 0.322 e. The lowest BCUT2D eigenvalue weighted by molar-refractivity contribution is -0.126. The Bertz CT molecular complexity index is 1150. The molecule has 0 radical (unpaired) electrons. The first-order valence-corrected chi connectivity index (χ1v) is 10.2. The Morgan fingerprint density at radius 3 is 2.66 bits per heavy atom. The maximum absolute atomic E-state index is 14.6. The number of ketones is 1. The molecule has 0 saturated carbocycles. The van der Waals surface area contributed by atoms with Crippen molar-refractivity contribution < 1.29 is 28.3 Å². The molecule has 1 fully saturated rings. The molecule has 0 bridgehead atoms. The van der Waals surface area contributed by atoms with E-state index in [4.69, 9.17) is 4.74 Å². The Kier molecular flexibility index (Phi) is 5.65. The lowest BCUT2D eigenvalue weighted by atomic mass is 9.95. The fourth-order valence-electron chi connectivity index (χ4n) is 3.95. The number of nitrogens with one attached hydrogen (secondary N) is 3. The molecule has 166 valence electrons. The van der Waals surface area contributed by atoms with E-state index in [1.54, 1.807) is 0 Å². The van der Waals surface area contributed by atoms with E-state index in [0.29, 0.717) is 23.3 Å². The molecule has 0 spiro atoms. The predicted molar refractivity (Wildman–Crippen MR) is 113 cm³/mol. The first kappa shape index (κ1) is 21.5. The average Bonchev–Trinajstić information content (AvgIpc) is 3.27. The molecule has 2 atom stereocenters. The number of benzene rings is 2. The molecule has 2 aliphatic heterocycles. The van der Waals surface area contributed by atoms with Crippen LogP contribution in [0.5, 0.6) is 5.75 Å². The normalized spacial score (nSPS) is 19.1. The highest BCUT2D eigenvalue weighted by Crippen LogP contribution is 2.41. The van der Waals surface area contributed by atoms with Crippen molar-refractivity contribution in [2.24, 2.45) is 0 Å².